The minimum Gasteiger partial charge on any atom is -0.365 e. The van der Waals surface area contributed by atoms with Gasteiger partial charge in [0, 0.05) is 25.7 Å². The zero-order chi connectivity index (χ0) is 12.9. The van der Waals surface area contributed by atoms with Crippen LogP contribution < -0.4 is 5.73 Å². The number of hydrogen-bond acceptors (Lipinski definition) is 3. The molecule has 4 heteroatoms. The molecule has 1 fully saturated rings. The van der Waals surface area contributed by atoms with Crippen molar-refractivity contribution in [3.05, 3.63) is 0 Å². The van der Waals surface area contributed by atoms with Gasteiger partial charge in [-0.05, 0) is 32.6 Å². The van der Waals surface area contributed by atoms with E-state index < -0.39 is 5.60 Å². The number of nitrogens with zero attached hydrogens (tertiary/aromatic N) is 1. The van der Waals surface area contributed by atoms with Crippen molar-refractivity contribution >= 4 is 5.91 Å². The normalized spacial score (nSPS) is 24.3. The van der Waals surface area contributed by atoms with Crippen LogP contribution in [0.2, 0.25) is 0 Å². The molecule has 1 amide bonds. The highest BCUT2D eigenvalue weighted by Gasteiger charge is 2.41. The van der Waals surface area contributed by atoms with Gasteiger partial charge in [-0.25, -0.2) is 0 Å². The van der Waals surface area contributed by atoms with Crippen molar-refractivity contribution in [2.75, 3.05) is 19.7 Å². The van der Waals surface area contributed by atoms with Gasteiger partial charge in [0.25, 0.3) is 5.91 Å². The maximum absolute atomic E-state index is 12.6. The second kappa shape index (κ2) is 6.36. The number of carbonyl (C=O) groups excluding carboxylic acids is 1. The van der Waals surface area contributed by atoms with Crippen LogP contribution >= 0.6 is 0 Å². The first-order chi connectivity index (χ1) is 8.09. The summed E-state index contributed by atoms with van der Waals surface area (Å²) in [6.45, 7) is 7.98. The minimum absolute atomic E-state index is 0.120. The highest BCUT2D eigenvalue weighted by molar-refractivity contribution is 5.85. The Balaban J connectivity index is 2.78. The summed E-state index contributed by atoms with van der Waals surface area (Å²) < 4.78 is 5.64. The third kappa shape index (κ3) is 3.19. The zero-order valence-electron chi connectivity index (χ0n) is 11.4. The van der Waals surface area contributed by atoms with Crippen molar-refractivity contribution in [1.82, 2.24) is 4.90 Å². The fourth-order valence-corrected chi connectivity index (χ4v) is 2.57. The van der Waals surface area contributed by atoms with Crippen LogP contribution in [0.1, 0.15) is 46.5 Å². The lowest BCUT2D eigenvalue weighted by molar-refractivity contribution is -0.153. The van der Waals surface area contributed by atoms with Gasteiger partial charge in [0.2, 0.25) is 0 Å². The number of hydrogen-bond donors (Lipinski definition) is 1. The first-order valence-corrected chi connectivity index (χ1v) is 6.74. The van der Waals surface area contributed by atoms with Crippen LogP contribution in [0, 0.1) is 0 Å². The Morgan fingerprint density at radius 1 is 1.47 bits per heavy atom. The number of nitrogens with two attached hydrogens (primary N) is 1. The van der Waals surface area contributed by atoms with Gasteiger partial charge in [0.1, 0.15) is 5.60 Å². The summed E-state index contributed by atoms with van der Waals surface area (Å²) in [5.41, 5.74) is 5.01. The fraction of sp³-hybridized carbons (Fsp3) is 0.923. The summed E-state index contributed by atoms with van der Waals surface area (Å²) in [4.78, 5) is 14.5. The summed E-state index contributed by atoms with van der Waals surface area (Å²) in [5, 5.41) is 0. The van der Waals surface area contributed by atoms with E-state index in [-0.39, 0.29) is 11.9 Å². The van der Waals surface area contributed by atoms with Gasteiger partial charge in [-0.1, -0.05) is 13.8 Å². The Morgan fingerprint density at radius 3 is 2.53 bits per heavy atom. The van der Waals surface area contributed by atoms with Crippen LogP contribution in [-0.4, -0.2) is 42.1 Å². The second-order valence-electron chi connectivity index (χ2n) is 4.94. The molecule has 1 aliphatic heterocycles. The van der Waals surface area contributed by atoms with E-state index in [9.17, 15) is 4.79 Å². The van der Waals surface area contributed by atoms with Gasteiger partial charge >= 0.3 is 0 Å². The molecule has 1 unspecified atom stereocenters. The number of amides is 1. The standard InChI is InChI=1S/C13H26N2O2/c1-4-11(5-2)15(9-8-14)12(16)13(3)7-6-10-17-13/h11H,4-10,14H2,1-3H3. The monoisotopic (exact) mass is 242 g/mol. The molecule has 0 aromatic rings. The maximum atomic E-state index is 12.6. The predicted octanol–water partition coefficient (Wildman–Crippen LogP) is 1.53. The summed E-state index contributed by atoms with van der Waals surface area (Å²) in [6.07, 6.45) is 3.74. The highest BCUT2D eigenvalue weighted by Crippen LogP contribution is 2.28. The zero-order valence-corrected chi connectivity index (χ0v) is 11.4. The molecule has 1 aliphatic rings. The van der Waals surface area contributed by atoms with Crippen molar-refractivity contribution in [2.45, 2.75) is 58.1 Å². The summed E-state index contributed by atoms with van der Waals surface area (Å²) in [5.74, 6) is 0.120. The van der Waals surface area contributed by atoms with E-state index >= 15 is 0 Å². The van der Waals surface area contributed by atoms with Crippen LogP contribution in [0.3, 0.4) is 0 Å². The fourth-order valence-electron chi connectivity index (χ4n) is 2.57. The molecule has 100 valence electrons. The Labute approximate surface area is 104 Å². The van der Waals surface area contributed by atoms with Crippen LogP contribution in [0.25, 0.3) is 0 Å². The van der Waals surface area contributed by atoms with Gasteiger partial charge in [0.05, 0.1) is 0 Å². The summed E-state index contributed by atoms with van der Waals surface area (Å²) >= 11 is 0. The maximum Gasteiger partial charge on any atom is 0.254 e. The number of carbonyl (C=O) groups is 1. The Kier molecular flexibility index (Phi) is 5.40. The third-order valence-corrected chi connectivity index (χ3v) is 3.69. The van der Waals surface area contributed by atoms with Gasteiger partial charge in [-0.15, -0.1) is 0 Å². The molecule has 0 aliphatic carbocycles. The van der Waals surface area contributed by atoms with Crippen LogP contribution in [-0.2, 0) is 9.53 Å². The van der Waals surface area contributed by atoms with Crippen molar-refractivity contribution < 1.29 is 9.53 Å². The van der Waals surface area contributed by atoms with E-state index in [0.29, 0.717) is 19.7 Å². The van der Waals surface area contributed by atoms with E-state index in [1.54, 1.807) is 0 Å². The lowest BCUT2D eigenvalue weighted by atomic mass is 9.98. The molecular weight excluding hydrogens is 216 g/mol. The Hall–Kier alpha value is -0.610. The van der Waals surface area contributed by atoms with E-state index in [2.05, 4.69) is 13.8 Å². The van der Waals surface area contributed by atoms with Crippen molar-refractivity contribution in [2.24, 2.45) is 5.73 Å². The predicted molar refractivity (Wildman–Crippen MR) is 68.7 cm³/mol. The SMILES string of the molecule is CCC(CC)N(CCN)C(=O)C1(C)CCCO1. The molecule has 0 saturated carbocycles. The molecule has 1 atom stereocenters. The van der Waals surface area contributed by atoms with Crippen LogP contribution in [0.4, 0.5) is 0 Å². The molecule has 4 nitrogen and oxygen atoms in total. The molecule has 0 spiro atoms. The van der Waals surface area contributed by atoms with Crippen molar-refractivity contribution in [3.8, 4) is 0 Å². The Morgan fingerprint density at radius 2 is 2.12 bits per heavy atom. The van der Waals surface area contributed by atoms with Gasteiger partial charge in [-0.2, -0.15) is 0 Å². The molecule has 2 N–H and O–H groups in total. The van der Waals surface area contributed by atoms with Crippen molar-refractivity contribution in [1.29, 1.82) is 0 Å². The minimum atomic E-state index is -0.613. The largest absolute Gasteiger partial charge is 0.365 e. The molecule has 1 heterocycles. The number of ether oxygens (including phenoxy) is 1. The second-order valence-corrected chi connectivity index (χ2v) is 4.94. The van der Waals surface area contributed by atoms with E-state index in [0.717, 1.165) is 25.7 Å². The molecule has 0 radical (unpaired) electrons. The lowest BCUT2D eigenvalue weighted by Crippen LogP contribution is -2.52. The molecule has 1 saturated heterocycles. The first kappa shape index (κ1) is 14.5. The highest BCUT2D eigenvalue weighted by atomic mass is 16.5. The van der Waals surface area contributed by atoms with Crippen LogP contribution in [0.15, 0.2) is 0 Å². The Bertz CT molecular complexity index is 246. The molecular formula is C13H26N2O2. The molecule has 0 aromatic carbocycles. The molecule has 0 bridgehead atoms. The van der Waals surface area contributed by atoms with Gasteiger partial charge < -0.3 is 15.4 Å². The van der Waals surface area contributed by atoms with Crippen molar-refractivity contribution in [3.63, 3.8) is 0 Å². The molecule has 17 heavy (non-hydrogen) atoms. The van der Waals surface area contributed by atoms with Gasteiger partial charge in [0.15, 0.2) is 0 Å². The van der Waals surface area contributed by atoms with Crippen LogP contribution in [0.5, 0.6) is 0 Å². The summed E-state index contributed by atoms with van der Waals surface area (Å²) in [6, 6.07) is 0.284. The number of rotatable bonds is 6. The third-order valence-electron chi connectivity index (χ3n) is 3.69. The van der Waals surface area contributed by atoms with E-state index in [1.165, 1.54) is 0 Å². The quantitative estimate of drug-likeness (QED) is 0.768. The smallest absolute Gasteiger partial charge is 0.254 e. The summed E-state index contributed by atoms with van der Waals surface area (Å²) in [7, 11) is 0. The van der Waals surface area contributed by atoms with Gasteiger partial charge in [-0.3, -0.25) is 4.79 Å². The molecule has 1 rings (SSSR count). The first-order valence-electron chi connectivity index (χ1n) is 6.74. The topological polar surface area (TPSA) is 55.6 Å². The van der Waals surface area contributed by atoms with E-state index in [1.807, 2.05) is 11.8 Å². The van der Waals surface area contributed by atoms with E-state index in [4.69, 9.17) is 10.5 Å². The average Bonchev–Trinajstić information content (AvgIpc) is 2.77. The molecule has 0 aromatic heterocycles. The lowest BCUT2D eigenvalue weighted by Gasteiger charge is -2.36. The average molecular weight is 242 g/mol.